The van der Waals surface area contributed by atoms with Crippen LogP contribution >= 0.6 is 0 Å². The fourth-order valence-electron chi connectivity index (χ4n) is 3.14. The predicted octanol–water partition coefficient (Wildman–Crippen LogP) is 2.57. The third kappa shape index (κ3) is 4.02. The van der Waals surface area contributed by atoms with Gasteiger partial charge < -0.3 is 15.7 Å². The summed E-state index contributed by atoms with van der Waals surface area (Å²) in [6.07, 6.45) is 4.02. The number of benzene rings is 2. The maximum Gasteiger partial charge on any atom is 0.255 e. The summed E-state index contributed by atoms with van der Waals surface area (Å²) >= 11 is 0. The van der Waals surface area contributed by atoms with Crippen LogP contribution in [0.1, 0.15) is 44.7 Å². The molecule has 2 aromatic carbocycles. The van der Waals surface area contributed by atoms with Crippen molar-refractivity contribution in [2.75, 3.05) is 13.1 Å². The van der Waals surface area contributed by atoms with Crippen molar-refractivity contribution in [1.29, 1.82) is 0 Å². The van der Waals surface area contributed by atoms with Gasteiger partial charge in [0, 0.05) is 13.1 Å². The molecule has 0 unspecified atom stereocenters. The van der Waals surface area contributed by atoms with Crippen molar-refractivity contribution in [3.8, 4) is 5.75 Å². The summed E-state index contributed by atoms with van der Waals surface area (Å²) in [5.74, 6) is -1.54. The number of hydrogen-bond acceptors (Lipinski definition) is 3. The van der Waals surface area contributed by atoms with Gasteiger partial charge in [0.15, 0.2) is 0 Å². The molecule has 136 valence electrons. The third-order valence-electron chi connectivity index (χ3n) is 4.52. The summed E-state index contributed by atoms with van der Waals surface area (Å²) in [5.41, 5.74) is 2.41. The summed E-state index contributed by atoms with van der Waals surface area (Å²) in [4.78, 5) is 24.2. The van der Waals surface area contributed by atoms with Gasteiger partial charge in [0.25, 0.3) is 11.8 Å². The highest BCUT2D eigenvalue weighted by atomic mass is 19.1. The second-order valence-electron chi connectivity index (χ2n) is 6.34. The van der Waals surface area contributed by atoms with Gasteiger partial charge >= 0.3 is 0 Å². The number of fused-ring (bicyclic) bond motifs is 1. The number of phenols is 1. The highest BCUT2D eigenvalue weighted by molar-refractivity contribution is 5.97. The number of phenolic OH excluding ortho intramolecular Hbond substituents is 1. The minimum absolute atomic E-state index is 0.0291. The van der Waals surface area contributed by atoms with E-state index in [4.69, 9.17) is 0 Å². The van der Waals surface area contributed by atoms with Crippen LogP contribution < -0.4 is 10.6 Å². The van der Waals surface area contributed by atoms with E-state index >= 15 is 0 Å². The standard InChI is InChI=1S/C20H21FN2O3/c21-17-8-4-3-7-15(17)19(25)22-9-10-23-20(26)16-11-13-5-1-2-6-14(13)12-18(16)24/h3-4,7-8,11-12,24H,1-2,5-6,9-10H2,(H,22,25)(H,23,26). The molecular formula is C20H21FN2O3. The summed E-state index contributed by atoms with van der Waals surface area (Å²) < 4.78 is 13.5. The lowest BCUT2D eigenvalue weighted by Gasteiger charge is -2.17. The number of carbonyl (C=O) groups is 2. The molecule has 1 aliphatic rings. The number of rotatable bonds is 5. The zero-order valence-electron chi connectivity index (χ0n) is 14.3. The first kappa shape index (κ1) is 17.9. The van der Waals surface area contributed by atoms with Crippen molar-refractivity contribution >= 4 is 11.8 Å². The van der Waals surface area contributed by atoms with E-state index in [1.165, 1.54) is 18.2 Å². The number of amides is 2. The number of carbonyl (C=O) groups excluding carboxylic acids is 2. The van der Waals surface area contributed by atoms with Gasteiger partial charge in [-0.15, -0.1) is 0 Å². The van der Waals surface area contributed by atoms with Crippen molar-refractivity contribution in [2.24, 2.45) is 0 Å². The van der Waals surface area contributed by atoms with Crippen molar-refractivity contribution in [2.45, 2.75) is 25.7 Å². The van der Waals surface area contributed by atoms with Gasteiger partial charge in [-0.05, 0) is 61.1 Å². The Labute approximate surface area is 151 Å². The summed E-state index contributed by atoms with van der Waals surface area (Å²) in [5, 5.41) is 15.3. The topological polar surface area (TPSA) is 78.4 Å². The van der Waals surface area contributed by atoms with Gasteiger partial charge in [-0.2, -0.15) is 0 Å². The van der Waals surface area contributed by atoms with Crippen LogP contribution in [0.5, 0.6) is 5.75 Å². The van der Waals surface area contributed by atoms with E-state index in [-0.39, 0.29) is 30.0 Å². The highest BCUT2D eigenvalue weighted by Crippen LogP contribution is 2.28. The molecule has 0 radical (unpaired) electrons. The van der Waals surface area contributed by atoms with Gasteiger partial charge in [0.1, 0.15) is 11.6 Å². The molecule has 2 aromatic rings. The number of aryl methyl sites for hydroxylation is 2. The number of nitrogens with one attached hydrogen (secondary N) is 2. The Hall–Kier alpha value is -2.89. The van der Waals surface area contributed by atoms with Gasteiger partial charge in [0.05, 0.1) is 11.1 Å². The molecule has 0 fully saturated rings. The quantitative estimate of drug-likeness (QED) is 0.721. The van der Waals surface area contributed by atoms with Crippen molar-refractivity contribution < 1.29 is 19.1 Å². The van der Waals surface area contributed by atoms with Crippen LogP contribution in [0.25, 0.3) is 0 Å². The molecule has 5 nitrogen and oxygen atoms in total. The van der Waals surface area contributed by atoms with Crippen LogP contribution in [-0.4, -0.2) is 30.0 Å². The first-order valence-corrected chi connectivity index (χ1v) is 8.72. The highest BCUT2D eigenvalue weighted by Gasteiger charge is 2.17. The van der Waals surface area contributed by atoms with E-state index in [9.17, 15) is 19.1 Å². The van der Waals surface area contributed by atoms with Crippen LogP contribution in [0, 0.1) is 5.82 Å². The summed E-state index contributed by atoms with van der Waals surface area (Å²) in [6, 6.07) is 9.13. The van der Waals surface area contributed by atoms with Crippen molar-refractivity contribution in [3.05, 3.63) is 64.5 Å². The van der Waals surface area contributed by atoms with Crippen LogP contribution in [0.3, 0.4) is 0 Å². The molecule has 0 spiro atoms. The minimum Gasteiger partial charge on any atom is -0.507 e. The van der Waals surface area contributed by atoms with Gasteiger partial charge in [-0.3, -0.25) is 9.59 Å². The lowest BCUT2D eigenvalue weighted by atomic mass is 9.90. The lowest BCUT2D eigenvalue weighted by molar-refractivity contribution is 0.0924. The van der Waals surface area contributed by atoms with Crippen LogP contribution in [0.2, 0.25) is 0 Å². The summed E-state index contributed by atoms with van der Waals surface area (Å²) in [7, 11) is 0. The summed E-state index contributed by atoms with van der Waals surface area (Å²) in [6.45, 7) is 0.333. The molecule has 0 heterocycles. The Kier molecular flexibility index (Phi) is 5.51. The van der Waals surface area contributed by atoms with E-state index in [0.29, 0.717) is 0 Å². The average molecular weight is 356 g/mol. The van der Waals surface area contributed by atoms with Gasteiger partial charge in [-0.1, -0.05) is 12.1 Å². The molecule has 0 aliphatic heterocycles. The Balaban J connectivity index is 1.53. The Morgan fingerprint density at radius 3 is 2.15 bits per heavy atom. The predicted molar refractivity (Wildman–Crippen MR) is 95.8 cm³/mol. The second-order valence-corrected chi connectivity index (χ2v) is 6.34. The number of aromatic hydroxyl groups is 1. The van der Waals surface area contributed by atoms with Gasteiger partial charge in [0.2, 0.25) is 0 Å². The normalized spacial score (nSPS) is 13.0. The Morgan fingerprint density at radius 1 is 0.923 bits per heavy atom. The smallest absolute Gasteiger partial charge is 0.255 e. The lowest BCUT2D eigenvalue weighted by Crippen LogP contribution is -2.35. The molecule has 0 aromatic heterocycles. The monoisotopic (exact) mass is 356 g/mol. The van der Waals surface area contributed by atoms with Gasteiger partial charge in [-0.25, -0.2) is 4.39 Å². The van der Waals surface area contributed by atoms with E-state index in [1.807, 2.05) is 0 Å². The first-order chi connectivity index (χ1) is 12.6. The van der Waals surface area contributed by atoms with Crippen LogP contribution in [-0.2, 0) is 12.8 Å². The molecule has 3 rings (SSSR count). The molecule has 0 bridgehead atoms. The number of hydrogen-bond donors (Lipinski definition) is 3. The average Bonchev–Trinajstić information content (AvgIpc) is 2.64. The van der Waals surface area contributed by atoms with E-state index in [0.717, 1.165) is 36.8 Å². The number of halogens is 1. The molecular weight excluding hydrogens is 335 g/mol. The fourth-order valence-corrected chi connectivity index (χ4v) is 3.14. The van der Waals surface area contributed by atoms with E-state index < -0.39 is 17.6 Å². The molecule has 3 N–H and O–H groups in total. The van der Waals surface area contributed by atoms with Crippen LogP contribution in [0.15, 0.2) is 36.4 Å². The van der Waals surface area contributed by atoms with E-state index in [2.05, 4.69) is 10.6 Å². The third-order valence-corrected chi connectivity index (χ3v) is 4.52. The fraction of sp³-hybridized carbons (Fsp3) is 0.300. The maximum absolute atomic E-state index is 13.5. The molecule has 26 heavy (non-hydrogen) atoms. The molecule has 0 saturated heterocycles. The Bertz CT molecular complexity index is 836. The minimum atomic E-state index is -0.590. The maximum atomic E-state index is 13.5. The molecule has 2 amide bonds. The molecule has 0 saturated carbocycles. The van der Waals surface area contributed by atoms with Crippen molar-refractivity contribution in [1.82, 2.24) is 10.6 Å². The Morgan fingerprint density at radius 2 is 1.50 bits per heavy atom. The molecule has 1 aliphatic carbocycles. The largest absolute Gasteiger partial charge is 0.507 e. The van der Waals surface area contributed by atoms with E-state index in [1.54, 1.807) is 18.2 Å². The second kappa shape index (κ2) is 7.99. The van der Waals surface area contributed by atoms with Crippen LogP contribution in [0.4, 0.5) is 4.39 Å². The first-order valence-electron chi connectivity index (χ1n) is 8.72. The molecule has 6 heteroatoms. The molecule has 0 atom stereocenters. The van der Waals surface area contributed by atoms with Crippen molar-refractivity contribution in [3.63, 3.8) is 0 Å². The zero-order valence-corrected chi connectivity index (χ0v) is 14.3. The zero-order chi connectivity index (χ0) is 18.5. The SMILES string of the molecule is O=C(NCCNC(=O)c1ccccc1F)c1cc2c(cc1O)CCCC2.